The molecule has 8 nitrogen and oxygen atoms in total. The van der Waals surface area contributed by atoms with Gasteiger partial charge in [0.25, 0.3) is 5.91 Å². The number of nitrogens with one attached hydrogen (secondary N) is 3. The van der Waals surface area contributed by atoms with Gasteiger partial charge in [0.15, 0.2) is 6.61 Å². The molecule has 180 valence electrons. The lowest BCUT2D eigenvalue weighted by Gasteiger charge is -2.11. The van der Waals surface area contributed by atoms with Crippen LogP contribution in [0.15, 0.2) is 77.9 Å². The molecule has 0 atom stereocenters. The highest BCUT2D eigenvalue weighted by molar-refractivity contribution is 6.35. The van der Waals surface area contributed by atoms with Gasteiger partial charge in [-0.05, 0) is 72.9 Å². The molecular formula is C27H28N4O4. The number of hydrogen-bond acceptors (Lipinski definition) is 5. The molecule has 0 bridgehead atoms. The number of benzene rings is 3. The van der Waals surface area contributed by atoms with Crippen LogP contribution in [0.25, 0.3) is 0 Å². The molecule has 3 aromatic rings. The predicted molar refractivity (Wildman–Crippen MR) is 135 cm³/mol. The number of anilines is 1. The Morgan fingerprint density at radius 1 is 0.886 bits per heavy atom. The minimum absolute atomic E-state index is 0.129. The van der Waals surface area contributed by atoms with Crippen molar-refractivity contribution in [2.24, 2.45) is 5.10 Å². The Morgan fingerprint density at radius 3 is 2.37 bits per heavy atom. The molecule has 3 aromatic carbocycles. The van der Waals surface area contributed by atoms with Crippen molar-refractivity contribution >= 4 is 29.6 Å². The summed E-state index contributed by atoms with van der Waals surface area (Å²) in [6, 6.07) is 22.2. The van der Waals surface area contributed by atoms with E-state index in [0.29, 0.717) is 24.3 Å². The number of amides is 3. The minimum atomic E-state index is -0.843. The lowest BCUT2D eigenvalue weighted by molar-refractivity contribution is -0.139. The van der Waals surface area contributed by atoms with Crippen LogP contribution in [0.3, 0.4) is 0 Å². The number of nitrogens with zero attached hydrogens (tertiary/aromatic N) is 1. The third-order valence-electron chi connectivity index (χ3n) is 5.26. The summed E-state index contributed by atoms with van der Waals surface area (Å²) in [6.45, 7) is 4.16. The standard InChI is InChI=1S/C27H28N4O4/c1-19-7-6-10-24(20(19)2)30-25(32)18-35-23-13-11-22(12-14-23)17-29-31-27(34)26(33)28-16-15-21-8-4-3-5-9-21/h3-14,17H,15-16,18H2,1-2H3,(H,28,33)(H,30,32)(H,31,34)/b29-17-. The van der Waals surface area contributed by atoms with E-state index in [9.17, 15) is 14.4 Å². The molecule has 0 aliphatic carbocycles. The Morgan fingerprint density at radius 2 is 1.63 bits per heavy atom. The predicted octanol–water partition coefficient (Wildman–Crippen LogP) is 3.13. The quantitative estimate of drug-likeness (QED) is 0.253. The van der Waals surface area contributed by atoms with Crippen LogP contribution in [0, 0.1) is 13.8 Å². The minimum Gasteiger partial charge on any atom is -0.484 e. The van der Waals surface area contributed by atoms with Crippen molar-refractivity contribution < 1.29 is 19.1 Å². The van der Waals surface area contributed by atoms with E-state index in [0.717, 1.165) is 22.4 Å². The largest absolute Gasteiger partial charge is 0.484 e. The van der Waals surface area contributed by atoms with Crippen LogP contribution >= 0.6 is 0 Å². The molecule has 3 rings (SSSR count). The number of aryl methyl sites for hydroxylation is 1. The van der Waals surface area contributed by atoms with Gasteiger partial charge >= 0.3 is 11.8 Å². The first-order chi connectivity index (χ1) is 16.9. The molecule has 35 heavy (non-hydrogen) atoms. The van der Waals surface area contributed by atoms with Crippen LogP contribution in [-0.4, -0.2) is 37.1 Å². The van der Waals surface area contributed by atoms with Gasteiger partial charge in [-0.1, -0.05) is 42.5 Å². The first kappa shape index (κ1) is 25.2. The summed E-state index contributed by atoms with van der Waals surface area (Å²) in [4.78, 5) is 35.9. The molecule has 0 spiro atoms. The Balaban J connectivity index is 1.38. The molecule has 0 aliphatic rings. The molecule has 0 aromatic heterocycles. The molecule has 3 amide bonds. The Labute approximate surface area is 204 Å². The van der Waals surface area contributed by atoms with Crippen LogP contribution in [0.1, 0.15) is 22.3 Å². The molecule has 0 unspecified atom stereocenters. The van der Waals surface area contributed by atoms with Gasteiger partial charge in [0.1, 0.15) is 5.75 Å². The zero-order valence-corrected chi connectivity index (χ0v) is 19.7. The summed E-state index contributed by atoms with van der Waals surface area (Å²) < 4.78 is 5.53. The number of hydrazone groups is 1. The van der Waals surface area contributed by atoms with Crippen LogP contribution in [0.2, 0.25) is 0 Å². The van der Waals surface area contributed by atoms with Gasteiger partial charge in [-0.25, -0.2) is 5.43 Å². The second-order valence-electron chi connectivity index (χ2n) is 7.84. The van der Waals surface area contributed by atoms with Gasteiger partial charge in [-0.2, -0.15) is 5.10 Å². The van der Waals surface area contributed by atoms with E-state index in [-0.39, 0.29) is 12.5 Å². The normalized spacial score (nSPS) is 10.6. The molecule has 0 saturated carbocycles. The van der Waals surface area contributed by atoms with Crippen molar-refractivity contribution in [1.29, 1.82) is 0 Å². The van der Waals surface area contributed by atoms with Gasteiger partial charge < -0.3 is 15.4 Å². The molecule has 0 heterocycles. The maximum Gasteiger partial charge on any atom is 0.329 e. The van der Waals surface area contributed by atoms with E-state index in [1.165, 1.54) is 6.21 Å². The third-order valence-corrected chi connectivity index (χ3v) is 5.26. The van der Waals surface area contributed by atoms with Crippen molar-refractivity contribution in [3.05, 3.63) is 95.1 Å². The summed E-state index contributed by atoms with van der Waals surface area (Å²) in [5.74, 6) is -1.33. The third kappa shape index (κ3) is 8.12. The Kier molecular flexibility index (Phi) is 9.13. The summed E-state index contributed by atoms with van der Waals surface area (Å²) in [5, 5.41) is 9.20. The number of rotatable bonds is 9. The second-order valence-corrected chi connectivity index (χ2v) is 7.84. The summed E-state index contributed by atoms with van der Waals surface area (Å²) >= 11 is 0. The molecule has 0 saturated heterocycles. The van der Waals surface area contributed by atoms with Crippen LogP contribution < -0.4 is 20.8 Å². The number of hydrogen-bond donors (Lipinski definition) is 3. The zero-order chi connectivity index (χ0) is 25.0. The first-order valence-electron chi connectivity index (χ1n) is 11.2. The monoisotopic (exact) mass is 472 g/mol. The van der Waals surface area contributed by atoms with Crippen molar-refractivity contribution in [3.8, 4) is 5.75 Å². The van der Waals surface area contributed by atoms with E-state index in [2.05, 4.69) is 21.2 Å². The first-order valence-corrected chi connectivity index (χ1v) is 11.2. The van der Waals surface area contributed by atoms with Gasteiger partial charge in [-0.3, -0.25) is 14.4 Å². The van der Waals surface area contributed by atoms with Crippen molar-refractivity contribution in [1.82, 2.24) is 10.7 Å². The van der Waals surface area contributed by atoms with Gasteiger partial charge in [0.05, 0.1) is 6.21 Å². The second kappa shape index (κ2) is 12.7. The summed E-state index contributed by atoms with van der Waals surface area (Å²) in [5.41, 5.74) is 6.83. The van der Waals surface area contributed by atoms with Crippen molar-refractivity contribution in [2.75, 3.05) is 18.5 Å². The fourth-order valence-electron chi connectivity index (χ4n) is 3.13. The highest BCUT2D eigenvalue weighted by atomic mass is 16.5. The number of ether oxygens (including phenoxy) is 1. The summed E-state index contributed by atoms with van der Waals surface area (Å²) in [7, 11) is 0. The van der Waals surface area contributed by atoms with Gasteiger partial charge in [-0.15, -0.1) is 0 Å². The van der Waals surface area contributed by atoms with E-state index in [1.54, 1.807) is 24.3 Å². The molecule has 3 N–H and O–H groups in total. The molecule has 0 aliphatic heterocycles. The fourth-order valence-corrected chi connectivity index (χ4v) is 3.13. The van der Waals surface area contributed by atoms with Crippen LogP contribution in [0.5, 0.6) is 5.75 Å². The average Bonchev–Trinajstić information content (AvgIpc) is 2.87. The van der Waals surface area contributed by atoms with Crippen LogP contribution in [-0.2, 0) is 20.8 Å². The topological polar surface area (TPSA) is 109 Å². The van der Waals surface area contributed by atoms with Crippen molar-refractivity contribution in [3.63, 3.8) is 0 Å². The molecule has 0 radical (unpaired) electrons. The maximum absolute atomic E-state index is 12.2. The van der Waals surface area contributed by atoms with E-state index < -0.39 is 11.8 Å². The number of carbonyl (C=O) groups is 3. The molecule has 0 fully saturated rings. The van der Waals surface area contributed by atoms with E-state index in [1.807, 2.05) is 62.4 Å². The number of carbonyl (C=O) groups excluding carboxylic acids is 3. The van der Waals surface area contributed by atoms with Crippen molar-refractivity contribution in [2.45, 2.75) is 20.3 Å². The summed E-state index contributed by atoms with van der Waals surface area (Å²) in [6.07, 6.45) is 2.04. The highest BCUT2D eigenvalue weighted by Gasteiger charge is 2.11. The Hall–Kier alpha value is -4.46. The smallest absolute Gasteiger partial charge is 0.329 e. The zero-order valence-electron chi connectivity index (χ0n) is 19.7. The lowest BCUT2D eigenvalue weighted by Crippen LogP contribution is -2.38. The van der Waals surface area contributed by atoms with E-state index >= 15 is 0 Å². The fraction of sp³-hybridized carbons (Fsp3) is 0.185. The lowest BCUT2D eigenvalue weighted by atomic mass is 10.1. The average molecular weight is 473 g/mol. The van der Waals surface area contributed by atoms with Gasteiger partial charge in [0, 0.05) is 12.2 Å². The maximum atomic E-state index is 12.2. The molecule has 8 heteroatoms. The highest BCUT2D eigenvalue weighted by Crippen LogP contribution is 2.18. The van der Waals surface area contributed by atoms with E-state index in [4.69, 9.17) is 4.74 Å². The van der Waals surface area contributed by atoms with Gasteiger partial charge in [0.2, 0.25) is 0 Å². The van der Waals surface area contributed by atoms with Crippen LogP contribution in [0.4, 0.5) is 5.69 Å². The SMILES string of the molecule is Cc1cccc(NC(=O)COc2ccc(/C=N\NC(=O)C(=O)NCCc3ccccc3)cc2)c1C. The Bertz CT molecular complexity index is 1190. The molecular weight excluding hydrogens is 444 g/mol.